The highest BCUT2D eigenvalue weighted by Crippen LogP contribution is 1.98. The van der Waals surface area contributed by atoms with Crippen molar-refractivity contribution in [2.45, 2.75) is 33.7 Å². The standard InChI is InChI=1S/C13H26N4/c1-6-10-15-13(14-7-2)16-11-12(5)17(8-3)9-4/h1,12H,7-11H2,2-5H3,(H2,14,15,16). The largest absolute Gasteiger partial charge is 0.357 e. The molecule has 0 saturated heterocycles. The van der Waals surface area contributed by atoms with Gasteiger partial charge in [-0.15, -0.1) is 6.42 Å². The summed E-state index contributed by atoms with van der Waals surface area (Å²) in [6.45, 7) is 12.8. The van der Waals surface area contributed by atoms with Crippen LogP contribution in [0, 0.1) is 12.3 Å². The van der Waals surface area contributed by atoms with Gasteiger partial charge in [0, 0.05) is 12.6 Å². The van der Waals surface area contributed by atoms with E-state index in [0.29, 0.717) is 12.6 Å². The Morgan fingerprint density at radius 2 is 1.94 bits per heavy atom. The summed E-state index contributed by atoms with van der Waals surface area (Å²) in [4.78, 5) is 6.91. The second-order valence-corrected chi connectivity index (χ2v) is 3.85. The average Bonchev–Trinajstić information content (AvgIpc) is 2.34. The van der Waals surface area contributed by atoms with Crippen molar-refractivity contribution in [2.24, 2.45) is 4.99 Å². The van der Waals surface area contributed by atoms with Gasteiger partial charge in [0.1, 0.15) is 0 Å². The fraction of sp³-hybridized carbons (Fsp3) is 0.769. The third-order valence-corrected chi connectivity index (χ3v) is 2.65. The number of aliphatic imine (C=N–C) groups is 1. The zero-order chi connectivity index (χ0) is 13.1. The fourth-order valence-electron chi connectivity index (χ4n) is 1.66. The Morgan fingerprint density at radius 1 is 1.29 bits per heavy atom. The molecule has 0 saturated carbocycles. The molecule has 0 aliphatic carbocycles. The predicted octanol–water partition coefficient (Wildman–Crippen LogP) is 0.905. The Labute approximate surface area is 106 Å². The van der Waals surface area contributed by atoms with Gasteiger partial charge in [-0.1, -0.05) is 19.8 Å². The lowest BCUT2D eigenvalue weighted by Gasteiger charge is -2.25. The Morgan fingerprint density at radius 3 is 2.41 bits per heavy atom. The molecule has 98 valence electrons. The smallest absolute Gasteiger partial charge is 0.192 e. The maximum Gasteiger partial charge on any atom is 0.192 e. The summed E-state index contributed by atoms with van der Waals surface area (Å²) in [6.07, 6.45) is 5.22. The monoisotopic (exact) mass is 238 g/mol. The topological polar surface area (TPSA) is 39.7 Å². The lowest BCUT2D eigenvalue weighted by atomic mass is 10.3. The second kappa shape index (κ2) is 9.98. The molecule has 1 unspecified atom stereocenters. The molecule has 1 atom stereocenters. The van der Waals surface area contributed by atoms with Crippen molar-refractivity contribution in [3.8, 4) is 12.3 Å². The Hall–Kier alpha value is -1.21. The first-order chi connectivity index (χ1) is 8.19. The number of nitrogens with one attached hydrogen (secondary N) is 2. The van der Waals surface area contributed by atoms with Crippen molar-refractivity contribution in [3.63, 3.8) is 0 Å². The van der Waals surface area contributed by atoms with Gasteiger partial charge >= 0.3 is 0 Å². The predicted molar refractivity (Wildman–Crippen MR) is 75.2 cm³/mol. The molecule has 0 fully saturated rings. The summed E-state index contributed by atoms with van der Waals surface area (Å²) >= 11 is 0. The van der Waals surface area contributed by atoms with E-state index in [-0.39, 0.29) is 0 Å². The van der Waals surface area contributed by atoms with Crippen LogP contribution in [0.25, 0.3) is 0 Å². The minimum absolute atomic E-state index is 0.450. The molecule has 2 N–H and O–H groups in total. The first kappa shape index (κ1) is 15.8. The van der Waals surface area contributed by atoms with Gasteiger partial charge in [-0.25, -0.2) is 0 Å². The molecule has 0 bridgehead atoms. The van der Waals surface area contributed by atoms with Crippen molar-refractivity contribution < 1.29 is 0 Å². The molecule has 0 amide bonds. The molecule has 17 heavy (non-hydrogen) atoms. The number of hydrogen-bond donors (Lipinski definition) is 2. The molecule has 0 aliphatic heterocycles. The van der Waals surface area contributed by atoms with Crippen LogP contribution in [0.2, 0.25) is 0 Å². The summed E-state index contributed by atoms with van der Waals surface area (Å²) in [5.41, 5.74) is 0. The first-order valence-electron chi connectivity index (χ1n) is 6.39. The van der Waals surface area contributed by atoms with Gasteiger partial charge in [0.2, 0.25) is 0 Å². The summed E-state index contributed by atoms with van der Waals surface area (Å²) in [6, 6.07) is 0.450. The number of rotatable bonds is 7. The van der Waals surface area contributed by atoms with Crippen LogP contribution in [0.3, 0.4) is 0 Å². The minimum Gasteiger partial charge on any atom is -0.357 e. The molecule has 4 nitrogen and oxygen atoms in total. The summed E-state index contributed by atoms with van der Waals surface area (Å²) < 4.78 is 0. The van der Waals surface area contributed by atoms with Crippen molar-refractivity contribution in [2.75, 3.05) is 32.7 Å². The van der Waals surface area contributed by atoms with Crippen LogP contribution in [0.1, 0.15) is 27.7 Å². The maximum absolute atomic E-state index is 5.22. The quantitative estimate of drug-likeness (QED) is 0.393. The van der Waals surface area contributed by atoms with Gasteiger partial charge in [-0.2, -0.15) is 0 Å². The summed E-state index contributed by atoms with van der Waals surface area (Å²) in [7, 11) is 0. The van der Waals surface area contributed by atoms with Gasteiger partial charge in [0.25, 0.3) is 0 Å². The molecule has 4 heteroatoms. The molecule has 0 rings (SSSR count). The molecule has 0 heterocycles. The number of nitrogens with zero attached hydrogens (tertiary/aromatic N) is 2. The number of terminal acetylenes is 1. The zero-order valence-electron chi connectivity index (χ0n) is 11.6. The van der Waals surface area contributed by atoms with Crippen molar-refractivity contribution in [1.29, 1.82) is 0 Å². The van der Waals surface area contributed by atoms with E-state index in [9.17, 15) is 0 Å². The van der Waals surface area contributed by atoms with Crippen LogP contribution < -0.4 is 10.6 Å². The third kappa shape index (κ3) is 6.85. The van der Waals surface area contributed by atoms with Crippen LogP contribution in [0.4, 0.5) is 0 Å². The van der Waals surface area contributed by atoms with Crippen LogP contribution in [-0.2, 0) is 0 Å². The summed E-state index contributed by atoms with van der Waals surface area (Å²) in [5.74, 6) is 3.34. The van der Waals surface area contributed by atoms with Gasteiger partial charge in [-0.05, 0) is 26.9 Å². The van der Waals surface area contributed by atoms with Gasteiger partial charge < -0.3 is 10.6 Å². The SMILES string of the molecule is C#CCNC(=NCC(C)N(CC)CC)NCC. The Bertz CT molecular complexity index is 251. The fourth-order valence-corrected chi connectivity index (χ4v) is 1.66. The minimum atomic E-state index is 0.450. The van der Waals surface area contributed by atoms with Crippen LogP contribution in [-0.4, -0.2) is 49.6 Å². The molecule has 0 aromatic rings. The van der Waals surface area contributed by atoms with Crippen LogP contribution in [0.15, 0.2) is 4.99 Å². The highest BCUT2D eigenvalue weighted by atomic mass is 15.2. The normalized spacial score (nSPS) is 13.3. The first-order valence-corrected chi connectivity index (χ1v) is 6.39. The number of hydrogen-bond acceptors (Lipinski definition) is 2. The third-order valence-electron chi connectivity index (χ3n) is 2.65. The Balaban J connectivity index is 4.26. The molecule has 0 spiro atoms. The van der Waals surface area contributed by atoms with E-state index >= 15 is 0 Å². The van der Waals surface area contributed by atoms with E-state index in [0.717, 1.165) is 32.1 Å². The van der Waals surface area contributed by atoms with Crippen molar-refractivity contribution >= 4 is 5.96 Å². The average molecular weight is 238 g/mol. The highest BCUT2D eigenvalue weighted by Gasteiger charge is 2.09. The van der Waals surface area contributed by atoms with E-state index in [1.165, 1.54) is 0 Å². The zero-order valence-corrected chi connectivity index (χ0v) is 11.6. The van der Waals surface area contributed by atoms with E-state index in [1.807, 2.05) is 6.92 Å². The van der Waals surface area contributed by atoms with E-state index in [1.54, 1.807) is 0 Å². The Kier molecular flexibility index (Phi) is 9.27. The maximum atomic E-state index is 5.22. The molecular weight excluding hydrogens is 212 g/mol. The molecular formula is C13H26N4. The number of likely N-dealkylation sites (N-methyl/N-ethyl adjacent to an activating group) is 1. The molecule has 0 aliphatic rings. The highest BCUT2D eigenvalue weighted by molar-refractivity contribution is 5.79. The lowest BCUT2D eigenvalue weighted by Crippen LogP contribution is -2.40. The van der Waals surface area contributed by atoms with Gasteiger partial charge in [0.15, 0.2) is 5.96 Å². The van der Waals surface area contributed by atoms with Gasteiger partial charge in [0.05, 0.1) is 13.1 Å². The van der Waals surface area contributed by atoms with E-state index in [4.69, 9.17) is 6.42 Å². The van der Waals surface area contributed by atoms with Crippen molar-refractivity contribution in [1.82, 2.24) is 15.5 Å². The summed E-state index contributed by atoms with van der Waals surface area (Å²) in [5, 5.41) is 6.26. The molecule has 0 aromatic heterocycles. The van der Waals surface area contributed by atoms with Gasteiger partial charge in [-0.3, -0.25) is 9.89 Å². The lowest BCUT2D eigenvalue weighted by molar-refractivity contribution is 0.237. The number of guanidine groups is 1. The van der Waals surface area contributed by atoms with E-state index < -0.39 is 0 Å². The van der Waals surface area contributed by atoms with Crippen LogP contribution >= 0.6 is 0 Å². The second-order valence-electron chi connectivity index (χ2n) is 3.85. The molecule has 0 aromatic carbocycles. The van der Waals surface area contributed by atoms with Crippen LogP contribution in [0.5, 0.6) is 0 Å². The van der Waals surface area contributed by atoms with Crippen molar-refractivity contribution in [3.05, 3.63) is 0 Å². The molecule has 0 radical (unpaired) electrons. The van der Waals surface area contributed by atoms with E-state index in [2.05, 4.69) is 47.2 Å².